The third-order valence-electron chi connectivity index (χ3n) is 7.64. The fraction of sp³-hybridized carbons (Fsp3) is 0.750. The summed E-state index contributed by atoms with van der Waals surface area (Å²) in [5.41, 5.74) is -0.0604. The number of ether oxygens (including phenoxy) is 3. The highest BCUT2D eigenvalue weighted by Crippen LogP contribution is 2.36. The van der Waals surface area contributed by atoms with E-state index in [9.17, 15) is 26.8 Å². The second-order valence-electron chi connectivity index (χ2n) is 13.9. The van der Waals surface area contributed by atoms with Crippen LogP contribution in [0.4, 0.5) is 13.6 Å². The van der Waals surface area contributed by atoms with Crippen molar-refractivity contribution in [3.8, 4) is 0 Å². The highest BCUT2D eigenvalue weighted by molar-refractivity contribution is 7.89. The molecule has 12 heteroatoms. The highest BCUT2D eigenvalue weighted by Gasteiger charge is 2.42. The molecule has 2 fully saturated rings. The summed E-state index contributed by atoms with van der Waals surface area (Å²) in [5, 5.41) is 0. The molecule has 1 saturated carbocycles. The maximum Gasteiger partial charge on any atom is 0.410 e. The van der Waals surface area contributed by atoms with Crippen molar-refractivity contribution in [1.82, 2.24) is 9.21 Å². The molecule has 3 rings (SSSR count). The maximum atomic E-state index is 13.8. The first-order valence-corrected chi connectivity index (χ1v) is 17.0. The zero-order chi connectivity index (χ0) is 32.9. The third kappa shape index (κ3) is 10.4. The number of carbonyl (C=O) groups is 2. The van der Waals surface area contributed by atoms with Gasteiger partial charge in [-0.1, -0.05) is 17.7 Å². The standard InChI is InChI=1S/C32H50F2N2O7S/c1-23-12-13-27(44(39,40)36-19-10-11-26(36)28(37)42-30(2,3)4)24(21-23)22-41-20-9-8-18-35(29(38)43-31(5,6)7)25-14-16-32(33,34)17-15-25/h12-13,21,25-26H,8-11,14-20,22H2,1-7H3/t26-/m0/s1. The summed E-state index contributed by atoms with van der Waals surface area (Å²) >= 11 is 0. The Bertz CT molecular complexity index is 1250. The van der Waals surface area contributed by atoms with E-state index >= 15 is 0 Å². The normalized spacial score (nSPS) is 20.0. The minimum atomic E-state index is -4.00. The average Bonchev–Trinajstić information content (AvgIpc) is 3.38. The number of benzene rings is 1. The zero-order valence-corrected chi connectivity index (χ0v) is 28.1. The van der Waals surface area contributed by atoms with E-state index in [2.05, 4.69) is 0 Å². The SMILES string of the molecule is Cc1ccc(S(=O)(=O)N2CCC[C@H]2C(=O)OC(C)(C)C)c(COCCCCN(C(=O)OC(C)(C)C)C2CCC(F)(F)CC2)c1. The lowest BCUT2D eigenvalue weighted by atomic mass is 9.91. The van der Waals surface area contributed by atoms with Crippen molar-refractivity contribution in [1.29, 1.82) is 0 Å². The van der Waals surface area contributed by atoms with Gasteiger partial charge in [0, 0.05) is 38.6 Å². The molecule has 0 N–H and O–H groups in total. The molecule has 9 nitrogen and oxygen atoms in total. The Morgan fingerprint density at radius 1 is 1.00 bits per heavy atom. The number of aryl methyl sites for hydroxylation is 1. The average molecular weight is 645 g/mol. The van der Waals surface area contributed by atoms with Crippen molar-refractivity contribution in [3.05, 3.63) is 29.3 Å². The van der Waals surface area contributed by atoms with Crippen LogP contribution >= 0.6 is 0 Å². The van der Waals surface area contributed by atoms with Crippen molar-refractivity contribution < 1.29 is 41.0 Å². The van der Waals surface area contributed by atoms with Gasteiger partial charge in [0.1, 0.15) is 17.2 Å². The number of nitrogens with zero attached hydrogens (tertiary/aromatic N) is 2. The van der Waals surface area contributed by atoms with E-state index in [1.807, 2.05) is 6.92 Å². The largest absolute Gasteiger partial charge is 0.459 e. The van der Waals surface area contributed by atoms with E-state index in [4.69, 9.17) is 14.2 Å². The van der Waals surface area contributed by atoms with Gasteiger partial charge in [0.25, 0.3) is 0 Å². The quantitative estimate of drug-likeness (QED) is 0.198. The van der Waals surface area contributed by atoms with E-state index in [-0.39, 0.29) is 49.8 Å². The van der Waals surface area contributed by atoms with Crippen LogP contribution in [0.1, 0.15) is 104 Å². The van der Waals surface area contributed by atoms with Crippen molar-refractivity contribution in [2.24, 2.45) is 0 Å². The van der Waals surface area contributed by atoms with E-state index in [1.54, 1.807) is 64.6 Å². The molecule has 1 saturated heterocycles. The van der Waals surface area contributed by atoms with Crippen LogP contribution in [-0.2, 0) is 35.6 Å². The molecule has 2 aliphatic rings. The van der Waals surface area contributed by atoms with Gasteiger partial charge in [0.2, 0.25) is 15.9 Å². The lowest BCUT2D eigenvalue weighted by molar-refractivity contribution is -0.158. The molecule has 250 valence electrons. The molecule has 0 bridgehead atoms. The predicted octanol–water partition coefficient (Wildman–Crippen LogP) is 6.60. The highest BCUT2D eigenvalue weighted by atomic mass is 32.2. The van der Waals surface area contributed by atoms with E-state index in [0.29, 0.717) is 44.4 Å². The number of sulfonamides is 1. The molecule has 44 heavy (non-hydrogen) atoms. The van der Waals surface area contributed by atoms with Crippen LogP contribution < -0.4 is 0 Å². The van der Waals surface area contributed by atoms with Crippen molar-refractivity contribution >= 4 is 22.1 Å². The van der Waals surface area contributed by atoms with Crippen molar-refractivity contribution in [3.63, 3.8) is 0 Å². The monoisotopic (exact) mass is 644 g/mol. The summed E-state index contributed by atoms with van der Waals surface area (Å²) < 4.78 is 73.3. The molecule has 1 heterocycles. The first kappa shape index (κ1) is 36.2. The molecule has 0 aromatic heterocycles. The molecule has 0 spiro atoms. The number of unbranched alkanes of at least 4 members (excludes halogenated alkanes) is 1. The molecule has 1 aliphatic heterocycles. The minimum absolute atomic E-state index is 0.0503. The van der Waals surface area contributed by atoms with Crippen molar-refractivity contribution in [2.45, 2.75) is 141 Å². The summed E-state index contributed by atoms with van der Waals surface area (Å²) in [6.45, 7) is 13.4. The first-order chi connectivity index (χ1) is 20.3. The second-order valence-corrected chi connectivity index (χ2v) is 15.8. The van der Waals surface area contributed by atoms with Gasteiger partial charge in [-0.25, -0.2) is 22.0 Å². The van der Waals surface area contributed by atoms with E-state index in [1.165, 1.54) is 4.31 Å². The molecule has 0 radical (unpaired) electrons. The Kier molecular flexibility index (Phi) is 11.8. The Labute approximate surface area is 261 Å². The fourth-order valence-electron chi connectivity index (χ4n) is 5.58. The van der Waals surface area contributed by atoms with Crippen LogP contribution in [0.3, 0.4) is 0 Å². The van der Waals surface area contributed by atoms with Gasteiger partial charge in [0.15, 0.2) is 0 Å². The number of rotatable bonds is 11. The number of carbonyl (C=O) groups excluding carboxylic acids is 2. The summed E-state index contributed by atoms with van der Waals surface area (Å²) in [5.74, 6) is -3.25. The number of hydrogen-bond acceptors (Lipinski definition) is 7. The molecular formula is C32H50F2N2O7S. The Hall–Kier alpha value is -2.31. The van der Waals surface area contributed by atoms with E-state index in [0.717, 1.165) is 5.56 Å². The lowest BCUT2D eigenvalue weighted by Gasteiger charge is -2.37. The lowest BCUT2D eigenvalue weighted by Crippen LogP contribution is -2.46. The smallest absolute Gasteiger partial charge is 0.410 e. The number of halogens is 2. The topological polar surface area (TPSA) is 102 Å². The second kappa shape index (κ2) is 14.4. The number of hydrogen-bond donors (Lipinski definition) is 0. The summed E-state index contributed by atoms with van der Waals surface area (Å²) in [6, 6.07) is 3.87. The van der Waals surface area contributed by atoms with Gasteiger partial charge in [0.05, 0.1) is 11.5 Å². The summed E-state index contributed by atoms with van der Waals surface area (Å²) in [6.07, 6.45) is 1.53. The van der Waals surface area contributed by atoms with Crippen LogP contribution in [-0.4, -0.2) is 78.6 Å². The molecule has 1 aromatic rings. The Morgan fingerprint density at radius 3 is 2.25 bits per heavy atom. The van der Waals surface area contributed by atoms with Crippen LogP contribution in [0.2, 0.25) is 0 Å². The Morgan fingerprint density at radius 2 is 1.64 bits per heavy atom. The van der Waals surface area contributed by atoms with Crippen LogP contribution in [0.5, 0.6) is 0 Å². The van der Waals surface area contributed by atoms with Crippen LogP contribution in [0.25, 0.3) is 0 Å². The Balaban J connectivity index is 1.61. The number of esters is 1. The number of amides is 1. The number of alkyl halides is 2. The van der Waals surface area contributed by atoms with Gasteiger partial charge in [-0.15, -0.1) is 0 Å². The maximum absolute atomic E-state index is 13.8. The van der Waals surface area contributed by atoms with Gasteiger partial charge in [-0.2, -0.15) is 4.31 Å². The zero-order valence-electron chi connectivity index (χ0n) is 27.3. The summed E-state index contributed by atoms with van der Waals surface area (Å²) in [4.78, 5) is 27.4. The van der Waals surface area contributed by atoms with Crippen LogP contribution in [0, 0.1) is 6.92 Å². The fourth-order valence-corrected chi connectivity index (χ4v) is 7.42. The van der Waals surface area contributed by atoms with Gasteiger partial charge >= 0.3 is 12.1 Å². The summed E-state index contributed by atoms with van der Waals surface area (Å²) in [7, 11) is -4.00. The minimum Gasteiger partial charge on any atom is -0.459 e. The molecule has 1 amide bonds. The third-order valence-corrected chi connectivity index (χ3v) is 9.64. The van der Waals surface area contributed by atoms with Gasteiger partial charge < -0.3 is 19.1 Å². The molecule has 1 aliphatic carbocycles. The van der Waals surface area contributed by atoms with Gasteiger partial charge in [-0.05, 0) is 98.6 Å². The first-order valence-electron chi connectivity index (χ1n) is 15.6. The predicted molar refractivity (Wildman–Crippen MR) is 163 cm³/mol. The van der Waals surface area contributed by atoms with Crippen molar-refractivity contribution in [2.75, 3.05) is 19.7 Å². The molecule has 0 unspecified atom stereocenters. The molecular weight excluding hydrogens is 594 g/mol. The molecule has 1 atom stereocenters. The van der Waals surface area contributed by atoms with Crippen LogP contribution in [0.15, 0.2) is 23.1 Å². The molecule has 1 aromatic carbocycles. The van der Waals surface area contributed by atoms with E-state index < -0.39 is 45.3 Å². The van der Waals surface area contributed by atoms with Gasteiger partial charge in [-0.3, -0.25) is 4.79 Å².